The minimum atomic E-state index is -4.82. The molecule has 0 bridgehead atoms. The molecule has 0 saturated heterocycles. The first-order chi connectivity index (χ1) is 8.70. The Hall–Kier alpha value is -1.56. The predicted molar refractivity (Wildman–Crippen MR) is 64.9 cm³/mol. The number of Topliss-reactive ketones (excluding diaryl/α,β-unsaturated/α-hetero) is 1. The van der Waals surface area contributed by atoms with E-state index in [2.05, 4.69) is 4.74 Å². The highest BCUT2D eigenvalue weighted by Crippen LogP contribution is 2.27. The molecule has 19 heavy (non-hydrogen) atoms. The molecule has 0 spiro atoms. The normalized spacial score (nSPS) is 13.4. The Morgan fingerprint density at radius 3 is 2.42 bits per heavy atom. The number of benzene rings is 1. The Bertz CT molecular complexity index is 444. The van der Waals surface area contributed by atoms with Gasteiger partial charge in [-0.1, -0.05) is 26.0 Å². The van der Waals surface area contributed by atoms with Crippen LogP contribution in [0.3, 0.4) is 0 Å². The fourth-order valence-electron chi connectivity index (χ4n) is 1.47. The van der Waals surface area contributed by atoms with Crippen molar-refractivity contribution in [3.8, 4) is 5.75 Å². The number of ether oxygens (including phenoxy) is 1. The number of carbonyl (C=O) groups excluding carboxylic acids is 1. The molecule has 106 valence electrons. The first kappa shape index (κ1) is 15.5. The molecule has 0 aromatic heterocycles. The molecule has 2 N–H and O–H groups in total. The summed E-state index contributed by atoms with van der Waals surface area (Å²) < 4.78 is 40.5. The third-order valence-corrected chi connectivity index (χ3v) is 2.69. The van der Waals surface area contributed by atoms with E-state index in [4.69, 9.17) is 5.73 Å². The van der Waals surface area contributed by atoms with Crippen LogP contribution in [-0.2, 0) is 0 Å². The molecule has 1 unspecified atom stereocenters. The Kier molecular flexibility index (Phi) is 4.94. The van der Waals surface area contributed by atoms with Crippen LogP contribution >= 0.6 is 0 Å². The van der Waals surface area contributed by atoms with Crippen molar-refractivity contribution in [1.82, 2.24) is 0 Å². The van der Waals surface area contributed by atoms with Crippen LogP contribution in [0.25, 0.3) is 0 Å². The average Bonchev–Trinajstić information content (AvgIpc) is 2.27. The lowest BCUT2D eigenvalue weighted by molar-refractivity contribution is -0.274. The standard InChI is InChI=1S/C13H16F3NO2/c1-8(2)10(17)7-11(18)9-5-3-4-6-12(9)19-13(14,15)16/h3-6,8,10H,7,17H2,1-2H3. The number of hydrogen-bond acceptors (Lipinski definition) is 3. The van der Waals surface area contributed by atoms with E-state index in [1.807, 2.05) is 13.8 Å². The van der Waals surface area contributed by atoms with Crippen LogP contribution in [0.15, 0.2) is 24.3 Å². The van der Waals surface area contributed by atoms with Gasteiger partial charge in [-0.3, -0.25) is 4.79 Å². The lowest BCUT2D eigenvalue weighted by Gasteiger charge is -2.16. The molecule has 0 aliphatic heterocycles. The molecule has 6 heteroatoms. The summed E-state index contributed by atoms with van der Waals surface area (Å²) in [4.78, 5) is 11.9. The van der Waals surface area contributed by atoms with Gasteiger partial charge in [-0.15, -0.1) is 13.2 Å². The number of rotatable bonds is 5. The summed E-state index contributed by atoms with van der Waals surface area (Å²) in [6.45, 7) is 3.69. The maximum absolute atomic E-state index is 12.2. The van der Waals surface area contributed by atoms with Gasteiger partial charge in [0, 0.05) is 12.5 Å². The lowest BCUT2D eigenvalue weighted by Crippen LogP contribution is -2.29. The Morgan fingerprint density at radius 2 is 1.89 bits per heavy atom. The van der Waals surface area contributed by atoms with E-state index in [-0.39, 0.29) is 17.9 Å². The van der Waals surface area contributed by atoms with Gasteiger partial charge >= 0.3 is 6.36 Å². The molecule has 0 aliphatic rings. The van der Waals surface area contributed by atoms with Gasteiger partial charge in [0.1, 0.15) is 5.75 Å². The van der Waals surface area contributed by atoms with Gasteiger partial charge in [0.2, 0.25) is 0 Å². The average molecular weight is 275 g/mol. The van der Waals surface area contributed by atoms with E-state index in [9.17, 15) is 18.0 Å². The van der Waals surface area contributed by atoms with Crippen LogP contribution < -0.4 is 10.5 Å². The quantitative estimate of drug-likeness (QED) is 0.840. The lowest BCUT2D eigenvalue weighted by atomic mass is 9.96. The zero-order valence-corrected chi connectivity index (χ0v) is 10.7. The summed E-state index contributed by atoms with van der Waals surface area (Å²) in [6, 6.07) is 4.88. The molecular formula is C13H16F3NO2. The van der Waals surface area contributed by atoms with Crippen molar-refractivity contribution in [2.45, 2.75) is 32.7 Å². The largest absolute Gasteiger partial charge is 0.573 e. The Labute approximate surface area is 109 Å². The summed E-state index contributed by atoms with van der Waals surface area (Å²) >= 11 is 0. The summed E-state index contributed by atoms with van der Waals surface area (Å²) in [5.74, 6) is -0.878. The number of para-hydroxylation sites is 1. The maximum atomic E-state index is 12.2. The smallest absolute Gasteiger partial charge is 0.405 e. The first-order valence-corrected chi connectivity index (χ1v) is 5.84. The molecule has 3 nitrogen and oxygen atoms in total. The van der Waals surface area contributed by atoms with Crippen molar-refractivity contribution in [2.75, 3.05) is 0 Å². The van der Waals surface area contributed by atoms with Gasteiger partial charge in [-0.25, -0.2) is 0 Å². The highest BCUT2D eigenvalue weighted by atomic mass is 19.4. The second-order valence-corrected chi connectivity index (χ2v) is 4.58. The number of hydrogen-bond donors (Lipinski definition) is 1. The van der Waals surface area contributed by atoms with Crippen LogP contribution in [0, 0.1) is 5.92 Å². The van der Waals surface area contributed by atoms with E-state index in [1.54, 1.807) is 0 Å². The monoisotopic (exact) mass is 275 g/mol. The van der Waals surface area contributed by atoms with E-state index < -0.39 is 23.9 Å². The number of nitrogens with two attached hydrogens (primary N) is 1. The summed E-state index contributed by atoms with van der Waals surface area (Å²) in [6.07, 6.45) is -4.84. The maximum Gasteiger partial charge on any atom is 0.573 e. The van der Waals surface area contributed by atoms with E-state index in [0.29, 0.717) is 0 Å². The first-order valence-electron chi connectivity index (χ1n) is 5.84. The molecule has 0 fully saturated rings. The van der Waals surface area contributed by atoms with Crippen molar-refractivity contribution < 1.29 is 22.7 Å². The second-order valence-electron chi connectivity index (χ2n) is 4.58. The molecular weight excluding hydrogens is 259 g/mol. The van der Waals surface area contributed by atoms with Crippen LogP contribution in [0.1, 0.15) is 30.6 Å². The summed E-state index contributed by atoms with van der Waals surface area (Å²) in [5, 5.41) is 0. The van der Waals surface area contributed by atoms with Crippen molar-refractivity contribution in [3.05, 3.63) is 29.8 Å². The molecule has 0 saturated carbocycles. The Balaban J connectivity index is 2.91. The molecule has 1 atom stereocenters. The molecule has 1 aromatic carbocycles. The van der Waals surface area contributed by atoms with E-state index in [0.717, 1.165) is 6.07 Å². The highest BCUT2D eigenvalue weighted by molar-refractivity contribution is 5.99. The van der Waals surface area contributed by atoms with Gasteiger partial charge in [-0.05, 0) is 18.1 Å². The highest BCUT2D eigenvalue weighted by Gasteiger charge is 2.32. The van der Waals surface area contributed by atoms with Crippen molar-refractivity contribution in [1.29, 1.82) is 0 Å². The number of halogens is 3. The molecule has 1 aromatic rings. The molecule has 1 rings (SSSR count). The van der Waals surface area contributed by atoms with Gasteiger partial charge in [0.25, 0.3) is 0 Å². The SMILES string of the molecule is CC(C)C(N)CC(=O)c1ccccc1OC(F)(F)F. The summed E-state index contributed by atoms with van der Waals surface area (Å²) in [7, 11) is 0. The van der Waals surface area contributed by atoms with E-state index >= 15 is 0 Å². The second kappa shape index (κ2) is 6.06. The molecule has 0 amide bonds. The van der Waals surface area contributed by atoms with Crippen molar-refractivity contribution in [2.24, 2.45) is 11.7 Å². The Morgan fingerprint density at radius 1 is 1.32 bits per heavy atom. The number of ketones is 1. The zero-order valence-electron chi connectivity index (χ0n) is 10.7. The minimum absolute atomic E-state index is 0.0180. The topological polar surface area (TPSA) is 52.3 Å². The van der Waals surface area contributed by atoms with Gasteiger partial charge < -0.3 is 10.5 Å². The third-order valence-electron chi connectivity index (χ3n) is 2.69. The minimum Gasteiger partial charge on any atom is -0.405 e. The van der Waals surface area contributed by atoms with Crippen molar-refractivity contribution >= 4 is 5.78 Å². The van der Waals surface area contributed by atoms with Crippen LogP contribution in [-0.4, -0.2) is 18.2 Å². The number of alkyl halides is 3. The predicted octanol–water partition coefficient (Wildman–Crippen LogP) is 3.14. The van der Waals surface area contributed by atoms with Crippen LogP contribution in [0.4, 0.5) is 13.2 Å². The summed E-state index contributed by atoms with van der Waals surface area (Å²) in [5.41, 5.74) is 5.65. The van der Waals surface area contributed by atoms with Crippen LogP contribution in [0.2, 0.25) is 0 Å². The fraction of sp³-hybridized carbons (Fsp3) is 0.462. The fourth-order valence-corrected chi connectivity index (χ4v) is 1.47. The van der Waals surface area contributed by atoms with Crippen LogP contribution in [0.5, 0.6) is 5.75 Å². The molecule has 0 aliphatic carbocycles. The van der Waals surface area contributed by atoms with Gasteiger partial charge in [0.05, 0.1) is 5.56 Å². The number of carbonyl (C=O) groups is 1. The van der Waals surface area contributed by atoms with Gasteiger partial charge in [0.15, 0.2) is 5.78 Å². The van der Waals surface area contributed by atoms with E-state index in [1.165, 1.54) is 18.2 Å². The molecule has 0 heterocycles. The third kappa shape index (κ3) is 4.90. The zero-order chi connectivity index (χ0) is 14.6. The molecule has 0 radical (unpaired) electrons. The van der Waals surface area contributed by atoms with Gasteiger partial charge in [-0.2, -0.15) is 0 Å². The van der Waals surface area contributed by atoms with Crippen molar-refractivity contribution in [3.63, 3.8) is 0 Å².